The summed E-state index contributed by atoms with van der Waals surface area (Å²) in [6.45, 7) is 3.18. The van der Waals surface area contributed by atoms with Crippen LogP contribution in [0.1, 0.15) is 36.5 Å². The fraction of sp³-hybridized carbons (Fsp3) is 0.171. The molecular formula is C41H38Cl2OSiZr. The van der Waals surface area contributed by atoms with E-state index in [1.54, 1.807) is 0 Å². The first-order chi connectivity index (χ1) is 21.2. The first-order valence-electron chi connectivity index (χ1n) is 15.6. The van der Waals surface area contributed by atoms with E-state index in [1.165, 1.54) is 43.4 Å². The summed E-state index contributed by atoms with van der Waals surface area (Å²) >= 11 is 0. The van der Waals surface area contributed by atoms with Crippen molar-refractivity contribution in [3.05, 3.63) is 174 Å². The number of benzene rings is 5. The molecule has 46 heavy (non-hydrogen) atoms. The van der Waals surface area contributed by atoms with Gasteiger partial charge in [-0.25, -0.2) is 0 Å². The van der Waals surface area contributed by atoms with Crippen molar-refractivity contribution in [1.29, 1.82) is 0 Å². The molecule has 0 saturated carbocycles. The van der Waals surface area contributed by atoms with E-state index >= 15 is 0 Å². The number of fused-ring (bicyclic) bond motifs is 3. The van der Waals surface area contributed by atoms with Gasteiger partial charge in [-0.15, -0.1) is 0 Å². The van der Waals surface area contributed by atoms with Gasteiger partial charge in [-0.3, -0.25) is 0 Å². The zero-order valence-electron chi connectivity index (χ0n) is 26.1. The minimum Gasteiger partial charge on any atom is -1.00 e. The predicted octanol–water partition coefficient (Wildman–Crippen LogP) is 1.73. The quantitative estimate of drug-likeness (QED) is 0.118. The largest absolute Gasteiger partial charge is 2.00 e. The van der Waals surface area contributed by atoms with Crippen molar-refractivity contribution in [3.8, 4) is 11.1 Å². The van der Waals surface area contributed by atoms with Crippen LogP contribution in [0.5, 0.6) is 0 Å². The van der Waals surface area contributed by atoms with Crippen molar-refractivity contribution in [1.82, 2.24) is 0 Å². The Morgan fingerprint density at radius 3 is 1.70 bits per heavy atom. The molecular weight excluding hydrogens is 699 g/mol. The van der Waals surface area contributed by atoms with Gasteiger partial charge in [-0.2, -0.15) is 0 Å². The van der Waals surface area contributed by atoms with Crippen LogP contribution >= 0.6 is 0 Å². The smallest absolute Gasteiger partial charge is 1.00 e. The maximum Gasteiger partial charge on any atom is 2.00 e. The molecule has 0 heterocycles. The molecule has 1 nitrogen and oxygen atoms in total. The number of hydrogen-bond acceptors (Lipinski definition) is 1. The molecule has 0 aromatic heterocycles. The second kappa shape index (κ2) is 15.9. The van der Waals surface area contributed by atoms with Crippen LogP contribution in [0.15, 0.2) is 158 Å². The molecule has 5 aromatic rings. The predicted molar refractivity (Wildman–Crippen MR) is 183 cm³/mol. The molecule has 0 spiro atoms. The SMILES string of the molecule is CC(CCCO[Si](c1ccccc1)(c1ccccc1)c1ccccc1)(c1cccc2c1Cc1ccccc1-2)C1C=CC=C1.[Cl-].[Cl-].[Zr+2]. The zero-order chi connectivity index (χ0) is 29.1. The van der Waals surface area contributed by atoms with Gasteiger partial charge in [0, 0.05) is 17.9 Å². The van der Waals surface area contributed by atoms with Crippen molar-refractivity contribution in [2.75, 3.05) is 6.61 Å². The van der Waals surface area contributed by atoms with Crippen molar-refractivity contribution < 1.29 is 55.4 Å². The molecule has 0 aliphatic heterocycles. The van der Waals surface area contributed by atoms with Gasteiger partial charge in [0.15, 0.2) is 0 Å². The Morgan fingerprint density at radius 1 is 0.630 bits per heavy atom. The molecule has 230 valence electrons. The van der Waals surface area contributed by atoms with Crippen LogP contribution in [0.25, 0.3) is 11.1 Å². The van der Waals surface area contributed by atoms with E-state index in [1.807, 2.05) is 0 Å². The maximum atomic E-state index is 7.33. The minimum absolute atomic E-state index is 0. The summed E-state index contributed by atoms with van der Waals surface area (Å²) in [5, 5.41) is 3.86. The van der Waals surface area contributed by atoms with E-state index in [0.717, 1.165) is 19.3 Å². The Kier molecular flexibility index (Phi) is 12.4. The van der Waals surface area contributed by atoms with Crippen LogP contribution in [0, 0.1) is 5.92 Å². The van der Waals surface area contributed by atoms with Crippen LogP contribution < -0.4 is 40.4 Å². The topological polar surface area (TPSA) is 9.23 Å². The summed E-state index contributed by atoms with van der Waals surface area (Å²) in [4.78, 5) is 0. The maximum absolute atomic E-state index is 7.33. The van der Waals surface area contributed by atoms with E-state index in [0.29, 0.717) is 12.5 Å². The van der Waals surface area contributed by atoms with Crippen molar-refractivity contribution in [2.45, 2.75) is 31.6 Å². The molecule has 0 amide bonds. The second-order valence-electron chi connectivity index (χ2n) is 12.1. The Labute approximate surface area is 306 Å². The monoisotopic (exact) mass is 734 g/mol. The molecule has 0 saturated heterocycles. The fourth-order valence-corrected chi connectivity index (χ4v) is 11.4. The van der Waals surface area contributed by atoms with Crippen LogP contribution in [-0.2, 0) is 42.5 Å². The van der Waals surface area contributed by atoms with Gasteiger partial charge in [0.2, 0.25) is 0 Å². The number of allylic oxidation sites excluding steroid dienone is 4. The number of rotatable bonds is 10. The van der Waals surface area contributed by atoms with Gasteiger partial charge in [-0.1, -0.05) is 165 Å². The first kappa shape index (κ1) is 36.1. The molecule has 0 radical (unpaired) electrons. The van der Waals surface area contributed by atoms with E-state index in [-0.39, 0.29) is 56.4 Å². The van der Waals surface area contributed by atoms with Gasteiger partial charge in [-0.05, 0) is 62.6 Å². The van der Waals surface area contributed by atoms with Gasteiger partial charge >= 0.3 is 26.2 Å². The van der Waals surface area contributed by atoms with Gasteiger partial charge < -0.3 is 29.2 Å². The molecule has 0 fully saturated rings. The second-order valence-corrected chi connectivity index (χ2v) is 15.5. The summed E-state index contributed by atoms with van der Waals surface area (Å²) in [6, 6.07) is 48.6. The molecule has 7 rings (SSSR count). The summed E-state index contributed by atoms with van der Waals surface area (Å²) in [5.41, 5.74) is 7.20. The third-order valence-electron chi connectivity index (χ3n) is 9.65. The minimum atomic E-state index is -2.72. The van der Waals surface area contributed by atoms with Crippen molar-refractivity contribution in [3.63, 3.8) is 0 Å². The Hall–Kier alpha value is -2.78. The summed E-state index contributed by atoms with van der Waals surface area (Å²) in [6.07, 6.45) is 12.2. The van der Waals surface area contributed by atoms with Gasteiger partial charge in [0.1, 0.15) is 0 Å². The van der Waals surface area contributed by atoms with E-state index in [4.69, 9.17) is 4.43 Å². The average Bonchev–Trinajstić information content (AvgIpc) is 3.75. The summed E-state index contributed by atoms with van der Waals surface area (Å²) in [5.74, 6) is 0.363. The number of hydrogen-bond donors (Lipinski definition) is 0. The molecule has 1 atom stereocenters. The third-order valence-corrected chi connectivity index (χ3v) is 13.7. The molecule has 0 bridgehead atoms. The summed E-state index contributed by atoms with van der Waals surface area (Å²) in [7, 11) is -2.72. The first-order valence-corrected chi connectivity index (χ1v) is 17.5. The van der Waals surface area contributed by atoms with Crippen LogP contribution in [0.2, 0.25) is 0 Å². The molecule has 5 aromatic carbocycles. The van der Waals surface area contributed by atoms with Gasteiger partial charge in [0.25, 0.3) is 8.32 Å². The Bertz CT molecular complexity index is 1670. The molecule has 1 unspecified atom stereocenters. The number of halogens is 2. The molecule has 0 N–H and O–H groups in total. The zero-order valence-corrected chi connectivity index (χ0v) is 31.1. The Morgan fingerprint density at radius 2 is 1.13 bits per heavy atom. The van der Waals surface area contributed by atoms with E-state index in [9.17, 15) is 0 Å². The molecule has 2 aliphatic carbocycles. The average molecular weight is 737 g/mol. The van der Waals surface area contributed by atoms with E-state index < -0.39 is 8.32 Å². The van der Waals surface area contributed by atoms with Crippen LogP contribution in [-0.4, -0.2) is 14.9 Å². The van der Waals surface area contributed by atoms with Crippen molar-refractivity contribution >= 4 is 23.9 Å². The van der Waals surface area contributed by atoms with Crippen LogP contribution in [0.4, 0.5) is 0 Å². The fourth-order valence-electron chi connectivity index (χ4n) is 7.46. The summed E-state index contributed by atoms with van der Waals surface area (Å²) < 4.78 is 7.33. The van der Waals surface area contributed by atoms with Crippen molar-refractivity contribution in [2.24, 2.45) is 5.92 Å². The molecule has 5 heteroatoms. The van der Waals surface area contributed by atoms with Gasteiger partial charge in [0.05, 0.1) is 0 Å². The van der Waals surface area contributed by atoms with Crippen LogP contribution in [0.3, 0.4) is 0 Å². The normalized spacial score (nSPS) is 14.3. The standard InChI is InChI=1S/C41H38OSi.2ClH.Zr/c1-41(33-18-12-13-19-33,40-28-15-27-38-37-26-14-11-17-32(37)31-39(38)40)29-16-30-42-43(34-20-5-2-6-21-34,35-22-7-3-8-23-35)36-24-9-4-10-25-36;;;/h2-15,17-28,33H,16,29-31H2,1H3;2*1H;/q;;;+2/p-2. The third kappa shape index (κ3) is 6.64. The van der Waals surface area contributed by atoms with E-state index in [2.05, 4.69) is 165 Å². The molecule has 2 aliphatic rings. The Balaban J connectivity index is 0.00000160.